The van der Waals surface area contributed by atoms with Gasteiger partial charge in [-0.1, -0.05) is 32.6 Å². The van der Waals surface area contributed by atoms with E-state index < -0.39 is 5.91 Å². The average Bonchev–Trinajstić information content (AvgIpc) is 2.39. The number of primary amides is 1. The van der Waals surface area contributed by atoms with Crippen LogP contribution in [-0.4, -0.2) is 15.9 Å². The van der Waals surface area contributed by atoms with E-state index in [0.717, 1.165) is 12.8 Å². The second-order valence-corrected chi connectivity index (χ2v) is 5.54. The molecule has 0 unspecified atom stereocenters. The van der Waals surface area contributed by atoms with Gasteiger partial charge >= 0.3 is 0 Å². The minimum atomic E-state index is -0.475. The fraction of sp³-hybridized carbons (Fsp3) is 0.643. The van der Waals surface area contributed by atoms with E-state index in [2.05, 4.69) is 16.9 Å². The third kappa shape index (κ3) is 3.03. The SMILES string of the molecule is CCC1(Cc2nc(N)ncc2C(N)=O)CCCCC1. The lowest BCUT2D eigenvalue weighted by Crippen LogP contribution is -2.28. The van der Waals surface area contributed by atoms with E-state index in [1.54, 1.807) is 0 Å². The van der Waals surface area contributed by atoms with Crippen LogP contribution in [0.15, 0.2) is 6.20 Å². The molecule has 0 saturated heterocycles. The van der Waals surface area contributed by atoms with Crippen molar-refractivity contribution in [1.29, 1.82) is 0 Å². The highest BCUT2D eigenvalue weighted by atomic mass is 16.1. The summed E-state index contributed by atoms with van der Waals surface area (Å²) in [6.45, 7) is 2.21. The van der Waals surface area contributed by atoms with Crippen molar-refractivity contribution in [2.24, 2.45) is 11.1 Å². The van der Waals surface area contributed by atoms with Gasteiger partial charge in [-0.15, -0.1) is 0 Å². The molecule has 0 aromatic carbocycles. The molecular weight excluding hydrogens is 240 g/mol. The number of amides is 1. The maximum Gasteiger partial charge on any atom is 0.252 e. The Morgan fingerprint density at radius 1 is 1.37 bits per heavy atom. The number of rotatable bonds is 4. The lowest BCUT2D eigenvalue weighted by Gasteiger charge is -2.36. The van der Waals surface area contributed by atoms with Gasteiger partial charge in [-0.05, 0) is 24.7 Å². The minimum Gasteiger partial charge on any atom is -0.368 e. The van der Waals surface area contributed by atoms with Gasteiger partial charge in [0.2, 0.25) is 5.95 Å². The Kier molecular flexibility index (Phi) is 4.02. The van der Waals surface area contributed by atoms with Crippen molar-refractivity contribution in [3.8, 4) is 0 Å². The molecule has 104 valence electrons. The van der Waals surface area contributed by atoms with Crippen LogP contribution in [0.2, 0.25) is 0 Å². The van der Waals surface area contributed by atoms with Crippen molar-refractivity contribution in [1.82, 2.24) is 9.97 Å². The van der Waals surface area contributed by atoms with Gasteiger partial charge in [0, 0.05) is 6.20 Å². The highest BCUT2D eigenvalue weighted by Crippen LogP contribution is 2.42. The Morgan fingerprint density at radius 3 is 2.63 bits per heavy atom. The molecule has 1 aromatic rings. The van der Waals surface area contributed by atoms with Crippen LogP contribution in [0, 0.1) is 5.41 Å². The number of aromatic nitrogens is 2. The van der Waals surface area contributed by atoms with Gasteiger partial charge in [0.25, 0.3) is 5.91 Å². The van der Waals surface area contributed by atoms with Crippen LogP contribution in [0.3, 0.4) is 0 Å². The van der Waals surface area contributed by atoms with Gasteiger partial charge in [-0.3, -0.25) is 4.79 Å². The summed E-state index contributed by atoms with van der Waals surface area (Å²) in [6.07, 6.45) is 9.49. The molecule has 1 aromatic heterocycles. The first-order valence-corrected chi connectivity index (χ1v) is 6.97. The van der Waals surface area contributed by atoms with Crippen molar-refractivity contribution in [2.45, 2.75) is 51.9 Å². The van der Waals surface area contributed by atoms with E-state index in [0.29, 0.717) is 11.3 Å². The molecular formula is C14H22N4O. The van der Waals surface area contributed by atoms with Crippen LogP contribution in [0.4, 0.5) is 5.95 Å². The van der Waals surface area contributed by atoms with E-state index in [1.807, 2.05) is 0 Å². The monoisotopic (exact) mass is 262 g/mol. The lowest BCUT2D eigenvalue weighted by atomic mass is 9.69. The highest BCUT2D eigenvalue weighted by Gasteiger charge is 2.32. The second kappa shape index (κ2) is 5.55. The number of carbonyl (C=O) groups is 1. The van der Waals surface area contributed by atoms with Crippen LogP contribution in [0.1, 0.15) is 61.5 Å². The number of carbonyl (C=O) groups excluding carboxylic acids is 1. The first-order valence-electron chi connectivity index (χ1n) is 6.97. The number of nitrogens with two attached hydrogens (primary N) is 2. The molecule has 5 nitrogen and oxygen atoms in total. The molecule has 1 amide bonds. The molecule has 19 heavy (non-hydrogen) atoms. The van der Waals surface area contributed by atoms with Crippen LogP contribution in [0.25, 0.3) is 0 Å². The van der Waals surface area contributed by atoms with Gasteiger partial charge in [0.15, 0.2) is 0 Å². The third-order valence-corrected chi connectivity index (χ3v) is 4.36. The molecule has 5 heteroatoms. The fourth-order valence-electron chi connectivity index (χ4n) is 3.09. The Hall–Kier alpha value is -1.65. The Bertz CT molecular complexity index is 467. The Morgan fingerprint density at radius 2 is 2.05 bits per heavy atom. The van der Waals surface area contributed by atoms with Gasteiger partial charge in [0.05, 0.1) is 11.3 Å². The molecule has 1 aliphatic carbocycles. The number of anilines is 1. The number of hydrogen-bond donors (Lipinski definition) is 2. The van der Waals surface area contributed by atoms with Gasteiger partial charge < -0.3 is 11.5 Å². The topological polar surface area (TPSA) is 94.9 Å². The summed E-state index contributed by atoms with van der Waals surface area (Å²) in [5.41, 5.74) is 12.4. The molecule has 0 atom stereocenters. The molecule has 1 heterocycles. The molecule has 0 spiro atoms. The standard InChI is InChI=1S/C14H22N4O/c1-2-14(6-4-3-5-7-14)8-11-10(12(15)19)9-17-13(16)18-11/h9H,2-8H2,1H3,(H2,15,19)(H2,16,17,18). The number of nitrogen functional groups attached to an aromatic ring is 1. The van der Waals surface area contributed by atoms with Crippen molar-refractivity contribution in [2.75, 3.05) is 5.73 Å². The van der Waals surface area contributed by atoms with E-state index in [9.17, 15) is 4.79 Å². The number of hydrogen-bond acceptors (Lipinski definition) is 4. The first-order chi connectivity index (χ1) is 9.06. The zero-order valence-corrected chi connectivity index (χ0v) is 11.5. The summed E-state index contributed by atoms with van der Waals surface area (Å²) in [7, 11) is 0. The zero-order valence-electron chi connectivity index (χ0n) is 11.5. The van der Waals surface area contributed by atoms with Crippen LogP contribution < -0.4 is 11.5 Å². The minimum absolute atomic E-state index is 0.210. The smallest absolute Gasteiger partial charge is 0.252 e. The van der Waals surface area contributed by atoms with E-state index in [-0.39, 0.29) is 11.4 Å². The molecule has 0 radical (unpaired) electrons. The predicted molar refractivity (Wildman–Crippen MR) is 74.5 cm³/mol. The highest BCUT2D eigenvalue weighted by molar-refractivity contribution is 5.93. The molecule has 1 saturated carbocycles. The fourth-order valence-corrected chi connectivity index (χ4v) is 3.09. The van der Waals surface area contributed by atoms with Crippen molar-refractivity contribution in [3.63, 3.8) is 0 Å². The van der Waals surface area contributed by atoms with E-state index >= 15 is 0 Å². The van der Waals surface area contributed by atoms with Crippen molar-refractivity contribution >= 4 is 11.9 Å². The summed E-state index contributed by atoms with van der Waals surface area (Å²) in [6, 6.07) is 0. The summed E-state index contributed by atoms with van der Waals surface area (Å²) in [5, 5.41) is 0. The maximum atomic E-state index is 11.5. The van der Waals surface area contributed by atoms with Crippen LogP contribution in [0.5, 0.6) is 0 Å². The van der Waals surface area contributed by atoms with Gasteiger partial charge in [0.1, 0.15) is 0 Å². The van der Waals surface area contributed by atoms with Crippen molar-refractivity contribution in [3.05, 3.63) is 17.5 Å². The molecule has 0 bridgehead atoms. The summed E-state index contributed by atoms with van der Waals surface area (Å²) in [4.78, 5) is 19.6. The van der Waals surface area contributed by atoms with E-state index in [4.69, 9.17) is 11.5 Å². The summed E-state index contributed by atoms with van der Waals surface area (Å²) in [5.74, 6) is -0.265. The molecule has 4 N–H and O–H groups in total. The molecule has 0 aliphatic heterocycles. The zero-order chi connectivity index (χ0) is 13.9. The predicted octanol–water partition coefficient (Wildman–Crippen LogP) is 2.06. The van der Waals surface area contributed by atoms with E-state index in [1.165, 1.54) is 38.3 Å². The van der Waals surface area contributed by atoms with Gasteiger partial charge in [-0.2, -0.15) is 0 Å². The molecule has 1 fully saturated rings. The van der Waals surface area contributed by atoms with Crippen molar-refractivity contribution < 1.29 is 4.79 Å². The third-order valence-electron chi connectivity index (χ3n) is 4.36. The second-order valence-electron chi connectivity index (χ2n) is 5.54. The summed E-state index contributed by atoms with van der Waals surface area (Å²) < 4.78 is 0. The largest absolute Gasteiger partial charge is 0.368 e. The first kappa shape index (κ1) is 13.8. The molecule has 1 aliphatic rings. The Balaban J connectivity index is 2.30. The van der Waals surface area contributed by atoms with Crippen LogP contribution in [-0.2, 0) is 6.42 Å². The average molecular weight is 262 g/mol. The lowest BCUT2D eigenvalue weighted by molar-refractivity contribution is 0.0996. The maximum absolute atomic E-state index is 11.5. The van der Waals surface area contributed by atoms with Crippen LogP contribution >= 0.6 is 0 Å². The summed E-state index contributed by atoms with van der Waals surface area (Å²) >= 11 is 0. The Labute approximate surface area is 113 Å². The molecule has 2 rings (SSSR count). The normalized spacial score (nSPS) is 18.2. The number of nitrogens with zero attached hydrogens (tertiary/aromatic N) is 2. The van der Waals surface area contributed by atoms with Gasteiger partial charge in [-0.25, -0.2) is 9.97 Å². The quantitative estimate of drug-likeness (QED) is 0.868.